The minimum Gasteiger partial charge on any atom is -0.493 e. The largest absolute Gasteiger partial charge is 0.493 e. The smallest absolute Gasteiger partial charge is 0.416 e. The molecule has 0 aliphatic heterocycles. The second kappa shape index (κ2) is 22.2. The van der Waals surface area contributed by atoms with E-state index < -0.39 is 18.6 Å². The molecular formula is C48H48N2O11. The Balaban J connectivity index is 0.000000249. The van der Waals surface area contributed by atoms with Gasteiger partial charge in [0.05, 0.1) is 25.0 Å². The summed E-state index contributed by atoms with van der Waals surface area (Å²) in [7, 11) is 0. The van der Waals surface area contributed by atoms with E-state index in [2.05, 4.69) is 4.98 Å². The third kappa shape index (κ3) is 14.5. The molecule has 1 aromatic heterocycles. The number of rotatable bonds is 19. The van der Waals surface area contributed by atoms with E-state index in [0.717, 1.165) is 40.3 Å². The summed E-state index contributed by atoms with van der Waals surface area (Å²) in [5.41, 5.74) is 3.52. The highest BCUT2D eigenvalue weighted by Crippen LogP contribution is 2.29. The summed E-state index contributed by atoms with van der Waals surface area (Å²) in [5.74, 6) is 2.55. The number of aryl methyl sites for hydroxylation is 1. The number of nitrogens with zero attached hydrogens (tertiary/aromatic N) is 2. The molecule has 0 bridgehead atoms. The first-order valence-electron chi connectivity index (χ1n) is 19.9. The van der Waals surface area contributed by atoms with Gasteiger partial charge in [0.2, 0.25) is 5.89 Å². The average molecular weight is 829 g/mol. The molecule has 0 atom stereocenters. The standard InChI is InChI=1S/C31H30N2O7.C17H18O4/c1-21-28(32-30(38-21)23-8-3-2-4-9-23)15-16-37-25-10-5-7-22(17-25)19-33(20-29(34)35)31(36)40-27-12-6-11-26(18-27)39-24-13-14-24;1-2-19-17(18)13-21-16-10-6-9-15(11-16)20-12-14-7-4-3-5-8-14/h2-12,17-18,24H,13-16,19-20H2,1H3,(H,34,35);3-11H,2,12-13H2,1H3. The fourth-order valence-corrected chi connectivity index (χ4v) is 5.83. The van der Waals surface area contributed by atoms with Crippen LogP contribution in [0.1, 0.15) is 42.3 Å². The quantitative estimate of drug-likeness (QED) is 0.0774. The van der Waals surface area contributed by atoms with Gasteiger partial charge in [-0.3, -0.25) is 9.69 Å². The van der Waals surface area contributed by atoms with Crippen molar-refractivity contribution in [2.24, 2.45) is 0 Å². The maximum Gasteiger partial charge on any atom is 0.416 e. The fraction of sp³-hybridized carbons (Fsp3) is 0.250. The maximum atomic E-state index is 12.9. The number of hydrogen-bond donors (Lipinski definition) is 1. The van der Waals surface area contributed by atoms with Gasteiger partial charge in [-0.1, -0.05) is 72.8 Å². The molecule has 0 radical (unpaired) electrons. The number of carboxylic acid groups (broad SMARTS) is 1. The zero-order chi connectivity index (χ0) is 42.8. The Morgan fingerprint density at radius 1 is 0.738 bits per heavy atom. The van der Waals surface area contributed by atoms with E-state index in [9.17, 15) is 19.5 Å². The number of carboxylic acids is 1. The lowest BCUT2D eigenvalue weighted by molar-refractivity contribution is -0.145. The van der Waals surface area contributed by atoms with E-state index in [1.807, 2.05) is 79.7 Å². The Morgan fingerprint density at radius 2 is 1.36 bits per heavy atom. The number of benzene rings is 5. The van der Waals surface area contributed by atoms with E-state index in [4.69, 9.17) is 32.8 Å². The van der Waals surface area contributed by atoms with Crippen molar-refractivity contribution in [1.82, 2.24) is 9.88 Å². The lowest BCUT2D eigenvalue weighted by atomic mass is 10.2. The number of oxazole rings is 1. The molecule has 1 amide bonds. The lowest BCUT2D eigenvalue weighted by Crippen LogP contribution is -2.37. The number of carbonyl (C=O) groups is 3. The number of esters is 1. The number of carbonyl (C=O) groups excluding carboxylic acids is 2. The van der Waals surface area contributed by atoms with E-state index in [1.165, 1.54) is 0 Å². The maximum absolute atomic E-state index is 12.9. The molecule has 13 heteroatoms. The van der Waals surface area contributed by atoms with Gasteiger partial charge in [0, 0.05) is 30.7 Å². The monoisotopic (exact) mass is 828 g/mol. The van der Waals surface area contributed by atoms with Gasteiger partial charge in [0.1, 0.15) is 47.7 Å². The van der Waals surface area contributed by atoms with Crippen molar-refractivity contribution in [3.05, 3.63) is 156 Å². The van der Waals surface area contributed by atoms with Crippen LogP contribution in [-0.2, 0) is 33.9 Å². The summed E-state index contributed by atoms with van der Waals surface area (Å²) in [6.07, 6.45) is 2.00. The molecule has 0 spiro atoms. The number of aromatic nitrogens is 1. The Kier molecular flexibility index (Phi) is 15.8. The minimum absolute atomic E-state index is 0.0312. The molecule has 7 rings (SSSR count). The molecule has 13 nitrogen and oxygen atoms in total. The van der Waals surface area contributed by atoms with E-state index in [1.54, 1.807) is 67.6 Å². The van der Waals surface area contributed by atoms with Gasteiger partial charge in [0.15, 0.2) is 6.61 Å². The van der Waals surface area contributed by atoms with Crippen LogP contribution < -0.4 is 23.7 Å². The first-order chi connectivity index (χ1) is 29.7. The van der Waals surface area contributed by atoms with Gasteiger partial charge >= 0.3 is 18.0 Å². The molecule has 1 fully saturated rings. The minimum atomic E-state index is -1.15. The van der Waals surface area contributed by atoms with Crippen LogP contribution in [0.3, 0.4) is 0 Å². The van der Waals surface area contributed by atoms with Crippen LogP contribution in [0.2, 0.25) is 0 Å². The lowest BCUT2D eigenvalue weighted by Gasteiger charge is -2.20. The Hall–Kier alpha value is -7.28. The molecule has 1 heterocycles. The number of hydrogen-bond acceptors (Lipinski definition) is 11. The molecular weight excluding hydrogens is 781 g/mol. The Morgan fingerprint density at radius 3 is 2.07 bits per heavy atom. The van der Waals surface area contributed by atoms with Crippen molar-refractivity contribution >= 4 is 18.0 Å². The third-order valence-electron chi connectivity index (χ3n) is 8.93. The SMILES string of the molecule is CCOC(=O)COc1cccc(OCc2ccccc2)c1.Cc1oc(-c2ccccc2)nc1CCOc1cccc(CN(CC(=O)O)C(=O)Oc2cccc(OC3CC3)c2)c1. The highest BCUT2D eigenvalue weighted by molar-refractivity contribution is 5.78. The first-order valence-corrected chi connectivity index (χ1v) is 19.9. The van der Waals surface area contributed by atoms with Crippen LogP contribution in [0.15, 0.2) is 138 Å². The molecule has 1 aliphatic carbocycles. The van der Waals surface area contributed by atoms with Crippen LogP contribution in [0.5, 0.6) is 28.7 Å². The van der Waals surface area contributed by atoms with Crippen LogP contribution in [0.25, 0.3) is 11.5 Å². The second-order valence-corrected chi connectivity index (χ2v) is 13.9. The van der Waals surface area contributed by atoms with E-state index >= 15 is 0 Å². The molecule has 1 saturated carbocycles. The Labute approximate surface area is 354 Å². The molecule has 1 aliphatic rings. The van der Waals surface area contributed by atoms with Crippen LogP contribution >= 0.6 is 0 Å². The first kappa shape index (κ1) is 43.3. The highest BCUT2D eigenvalue weighted by Gasteiger charge is 2.24. The summed E-state index contributed by atoms with van der Waals surface area (Å²) < 4.78 is 38.8. The summed E-state index contributed by atoms with van der Waals surface area (Å²) >= 11 is 0. The van der Waals surface area contributed by atoms with Crippen molar-refractivity contribution in [3.63, 3.8) is 0 Å². The van der Waals surface area contributed by atoms with Crippen molar-refractivity contribution in [2.45, 2.75) is 52.4 Å². The highest BCUT2D eigenvalue weighted by atomic mass is 16.6. The van der Waals surface area contributed by atoms with Crippen LogP contribution in [-0.4, -0.2) is 65.5 Å². The molecule has 0 unspecified atom stereocenters. The van der Waals surface area contributed by atoms with Gasteiger partial charge in [-0.2, -0.15) is 0 Å². The topological polar surface area (TPSA) is 156 Å². The second-order valence-electron chi connectivity index (χ2n) is 13.9. The molecule has 1 N–H and O–H groups in total. The summed E-state index contributed by atoms with van der Waals surface area (Å²) in [5, 5.41) is 9.40. The molecule has 61 heavy (non-hydrogen) atoms. The van der Waals surface area contributed by atoms with Crippen molar-refractivity contribution < 1.29 is 52.3 Å². The summed E-state index contributed by atoms with van der Waals surface area (Å²) in [6, 6.07) is 40.8. The predicted molar refractivity (Wildman–Crippen MR) is 226 cm³/mol. The number of aliphatic carboxylic acids is 1. The summed E-state index contributed by atoms with van der Waals surface area (Å²) in [4.78, 5) is 41.4. The van der Waals surface area contributed by atoms with Crippen LogP contribution in [0.4, 0.5) is 4.79 Å². The van der Waals surface area contributed by atoms with Crippen molar-refractivity contribution in [3.8, 4) is 40.2 Å². The van der Waals surface area contributed by atoms with Gasteiger partial charge in [0.25, 0.3) is 0 Å². The normalized spacial score (nSPS) is 11.6. The van der Waals surface area contributed by atoms with Crippen molar-refractivity contribution in [1.29, 1.82) is 0 Å². The van der Waals surface area contributed by atoms with E-state index in [0.29, 0.717) is 60.7 Å². The van der Waals surface area contributed by atoms with Crippen LogP contribution in [0, 0.1) is 6.92 Å². The zero-order valence-corrected chi connectivity index (χ0v) is 34.1. The van der Waals surface area contributed by atoms with Gasteiger partial charge in [-0.05, 0) is 86.3 Å². The predicted octanol–water partition coefficient (Wildman–Crippen LogP) is 9.11. The molecule has 316 valence electrons. The molecule has 5 aromatic carbocycles. The van der Waals surface area contributed by atoms with Gasteiger partial charge in [-0.15, -0.1) is 0 Å². The number of amides is 1. The summed E-state index contributed by atoms with van der Waals surface area (Å²) in [6.45, 7) is 4.25. The number of ether oxygens (including phenoxy) is 6. The van der Waals surface area contributed by atoms with E-state index in [-0.39, 0.29) is 31.0 Å². The fourth-order valence-electron chi connectivity index (χ4n) is 5.83. The molecule has 0 saturated heterocycles. The average Bonchev–Trinajstić information content (AvgIpc) is 4.01. The van der Waals surface area contributed by atoms with Crippen molar-refractivity contribution in [2.75, 3.05) is 26.4 Å². The third-order valence-corrected chi connectivity index (χ3v) is 8.93. The molecule has 6 aromatic rings. The zero-order valence-electron chi connectivity index (χ0n) is 34.1. The van der Waals surface area contributed by atoms with Gasteiger partial charge in [-0.25, -0.2) is 14.6 Å². The van der Waals surface area contributed by atoms with Gasteiger partial charge < -0.3 is 37.9 Å². The Bertz CT molecular complexity index is 2330.